The molecule has 0 amide bonds. The number of nitrogens with one attached hydrogen (secondary N) is 1. The molecule has 1 atom stereocenters. The number of non-ortho nitro benzene ring substituents is 1. The van der Waals surface area contributed by atoms with Gasteiger partial charge in [-0.25, -0.2) is 4.79 Å². The van der Waals surface area contributed by atoms with Gasteiger partial charge in [-0.05, 0) is 30.7 Å². The maximum atomic E-state index is 11.8. The number of aromatic nitrogens is 1. The monoisotopic (exact) mass is 315 g/mol. The molecule has 2 N–H and O–H groups in total. The zero-order chi connectivity index (χ0) is 16.9. The second-order valence-corrected chi connectivity index (χ2v) is 5.17. The fourth-order valence-corrected chi connectivity index (χ4v) is 2.29. The largest absolute Gasteiger partial charge is 0.479 e. The number of pyridine rings is 1. The molecule has 0 fully saturated rings. The van der Waals surface area contributed by atoms with Gasteiger partial charge < -0.3 is 10.4 Å². The lowest BCUT2D eigenvalue weighted by atomic mass is 9.89. The highest BCUT2D eigenvalue weighted by atomic mass is 16.6. The molecule has 1 heterocycles. The Morgan fingerprint density at radius 2 is 2.00 bits per heavy atom. The third kappa shape index (κ3) is 3.82. The third-order valence-electron chi connectivity index (χ3n) is 3.68. The summed E-state index contributed by atoms with van der Waals surface area (Å²) < 4.78 is 0. The number of carboxylic acid groups (broad SMARTS) is 1. The second-order valence-electron chi connectivity index (χ2n) is 5.17. The van der Waals surface area contributed by atoms with Crippen molar-refractivity contribution in [2.75, 3.05) is 5.32 Å². The van der Waals surface area contributed by atoms with Gasteiger partial charge in [-0.3, -0.25) is 15.1 Å². The Labute approximate surface area is 133 Å². The van der Waals surface area contributed by atoms with Crippen molar-refractivity contribution < 1.29 is 14.8 Å². The Hall–Kier alpha value is -2.96. The summed E-state index contributed by atoms with van der Waals surface area (Å²) in [5.41, 5.74) is -0.107. The van der Waals surface area contributed by atoms with Gasteiger partial charge in [0.2, 0.25) is 0 Å². The number of hydrogen-bond donors (Lipinski definition) is 2. The van der Waals surface area contributed by atoms with Gasteiger partial charge >= 0.3 is 5.97 Å². The summed E-state index contributed by atoms with van der Waals surface area (Å²) in [5.74, 6) is -0.996. The SMILES string of the molecule is CCC(Cc1ccccn1)(Nc1ccc([N+](=O)[O-])cc1)C(=O)O. The Bertz CT molecular complexity index is 688. The summed E-state index contributed by atoms with van der Waals surface area (Å²) in [4.78, 5) is 26.2. The molecule has 7 heteroatoms. The van der Waals surface area contributed by atoms with Gasteiger partial charge in [-0.15, -0.1) is 0 Å². The highest BCUT2D eigenvalue weighted by Crippen LogP contribution is 2.25. The van der Waals surface area contributed by atoms with Crippen LogP contribution in [0.15, 0.2) is 48.7 Å². The Morgan fingerprint density at radius 1 is 1.30 bits per heavy atom. The molecule has 0 aliphatic carbocycles. The molecule has 0 saturated heterocycles. The quantitative estimate of drug-likeness (QED) is 0.601. The molecule has 0 aliphatic rings. The number of nitro benzene ring substituents is 1. The van der Waals surface area contributed by atoms with Gasteiger partial charge in [0.25, 0.3) is 5.69 Å². The van der Waals surface area contributed by atoms with Gasteiger partial charge in [0.05, 0.1) is 4.92 Å². The normalized spacial score (nSPS) is 13.1. The number of hydrogen-bond acceptors (Lipinski definition) is 5. The number of carbonyl (C=O) groups is 1. The lowest BCUT2D eigenvalue weighted by molar-refractivity contribution is -0.384. The van der Waals surface area contributed by atoms with E-state index in [1.807, 2.05) is 0 Å². The van der Waals surface area contributed by atoms with Crippen LogP contribution in [-0.2, 0) is 11.2 Å². The minimum atomic E-state index is -1.23. The minimum absolute atomic E-state index is 0.0438. The van der Waals surface area contributed by atoms with Gasteiger partial charge in [0.15, 0.2) is 0 Å². The van der Waals surface area contributed by atoms with Crippen LogP contribution in [0.2, 0.25) is 0 Å². The van der Waals surface area contributed by atoms with Gasteiger partial charge in [-0.2, -0.15) is 0 Å². The maximum Gasteiger partial charge on any atom is 0.329 e. The van der Waals surface area contributed by atoms with Crippen molar-refractivity contribution in [1.29, 1.82) is 0 Å². The Balaban J connectivity index is 2.27. The summed E-state index contributed by atoms with van der Waals surface area (Å²) in [5, 5.41) is 23.4. The highest BCUT2D eigenvalue weighted by molar-refractivity contribution is 5.83. The zero-order valence-electron chi connectivity index (χ0n) is 12.6. The number of aliphatic carboxylic acids is 1. The summed E-state index contributed by atoms with van der Waals surface area (Å²) in [6.07, 6.45) is 2.15. The first-order chi connectivity index (χ1) is 11.0. The molecule has 120 valence electrons. The number of rotatable bonds is 7. The van der Waals surface area contributed by atoms with Gasteiger partial charge in [0.1, 0.15) is 5.54 Å². The molecule has 0 radical (unpaired) electrons. The molecule has 1 aromatic carbocycles. The fraction of sp³-hybridized carbons (Fsp3) is 0.250. The van der Waals surface area contributed by atoms with E-state index >= 15 is 0 Å². The van der Waals surface area contributed by atoms with Crippen LogP contribution in [-0.4, -0.2) is 26.5 Å². The minimum Gasteiger partial charge on any atom is -0.479 e. The molecule has 7 nitrogen and oxygen atoms in total. The topological polar surface area (TPSA) is 105 Å². The van der Waals surface area contributed by atoms with Crippen molar-refractivity contribution in [3.8, 4) is 0 Å². The molecule has 0 spiro atoms. The second kappa shape index (κ2) is 6.87. The number of nitrogens with zero attached hydrogens (tertiary/aromatic N) is 2. The van der Waals surface area contributed by atoms with E-state index in [-0.39, 0.29) is 12.1 Å². The lowest BCUT2D eigenvalue weighted by Crippen LogP contribution is -2.48. The first-order valence-electron chi connectivity index (χ1n) is 7.13. The molecule has 0 aliphatic heterocycles. The van der Waals surface area contributed by atoms with Gasteiger partial charge in [-0.1, -0.05) is 13.0 Å². The van der Waals surface area contributed by atoms with E-state index in [1.165, 1.54) is 24.3 Å². The van der Waals surface area contributed by atoms with Crippen molar-refractivity contribution in [3.63, 3.8) is 0 Å². The molecule has 1 unspecified atom stereocenters. The zero-order valence-corrected chi connectivity index (χ0v) is 12.6. The van der Waals surface area contributed by atoms with Crippen molar-refractivity contribution in [1.82, 2.24) is 4.98 Å². The standard InChI is InChI=1S/C16H17N3O4/c1-2-16(15(20)21,11-13-5-3-4-10-17-13)18-12-6-8-14(9-7-12)19(22)23/h3-10,18H,2,11H2,1H3,(H,20,21). The number of benzene rings is 1. The van der Waals surface area contributed by atoms with Crippen LogP contribution >= 0.6 is 0 Å². The lowest BCUT2D eigenvalue weighted by Gasteiger charge is -2.30. The first-order valence-corrected chi connectivity index (χ1v) is 7.13. The number of carboxylic acids is 1. The van der Waals surface area contributed by atoms with E-state index in [2.05, 4.69) is 10.3 Å². The van der Waals surface area contributed by atoms with Crippen LogP contribution in [0.3, 0.4) is 0 Å². The maximum absolute atomic E-state index is 11.8. The summed E-state index contributed by atoms with van der Waals surface area (Å²) >= 11 is 0. The molecule has 1 aromatic heterocycles. The van der Waals surface area contributed by atoms with E-state index in [4.69, 9.17) is 0 Å². The summed E-state index contributed by atoms with van der Waals surface area (Å²) in [7, 11) is 0. The van der Waals surface area contributed by atoms with E-state index in [0.29, 0.717) is 17.8 Å². The van der Waals surface area contributed by atoms with E-state index < -0.39 is 16.4 Å². The summed E-state index contributed by atoms with van der Waals surface area (Å²) in [6, 6.07) is 11.0. The van der Waals surface area contributed by atoms with Crippen molar-refractivity contribution in [3.05, 3.63) is 64.5 Å². The van der Waals surface area contributed by atoms with Crippen LogP contribution in [0.4, 0.5) is 11.4 Å². The summed E-state index contributed by atoms with van der Waals surface area (Å²) in [6.45, 7) is 1.77. The van der Waals surface area contributed by atoms with E-state index in [1.54, 1.807) is 31.3 Å². The molecular formula is C16H17N3O4. The average molecular weight is 315 g/mol. The van der Waals surface area contributed by atoms with Crippen LogP contribution in [0, 0.1) is 10.1 Å². The van der Waals surface area contributed by atoms with Crippen molar-refractivity contribution >= 4 is 17.3 Å². The van der Waals surface area contributed by atoms with E-state index in [0.717, 1.165) is 0 Å². The molecule has 23 heavy (non-hydrogen) atoms. The van der Waals surface area contributed by atoms with Crippen LogP contribution in [0.5, 0.6) is 0 Å². The number of nitro groups is 1. The average Bonchev–Trinajstić information content (AvgIpc) is 2.55. The van der Waals surface area contributed by atoms with Crippen molar-refractivity contribution in [2.45, 2.75) is 25.3 Å². The Morgan fingerprint density at radius 3 is 2.48 bits per heavy atom. The molecule has 0 saturated carbocycles. The van der Waals surface area contributed by atoms with Gasteiger partial charge in [0, 0.05) is 36.1 Å². The van der Waals surface area contributed by atoms with Crippen LogP contribution in [0.1, 0.15) is 19.0 Å². The Kier molecular flexibility index (Phi) is 4.90. The van der Waals surface area contributed by atoms with Crippen LogP contribution < -0.4 is 5.32 Å². The predicted molar refractivity (Wildman–Crippen MR) is 85.3 cm³/mol. The molecule has 2 rings (SSSR count). The molecular weight excluding hydrogens is 298 g/mol. The first kappa shape index (κ1) is 16.4. The van der Waals surface area contributed by atoms with Crippen molar-refractivity contribution in [2.24, 2.45) is 0 Å². The highest BCUT2D eigenvalue weighted by Gasteiger charge is 2.37. The third-order valence-corrected chi connectivity index (χ3v) is 3.68. The van der Waals surface area contributed by atoms with E-state index in [9.17, 15) is 20.0 Å². The van der Waals surface area contributed by atoms with Crippen LogP contribution in [0.25, 0.3) is 0 Å². The smallest absolute Gasteiger partial charge is 0.329 e. The fourth-order valence-electron chi connectivity index (χ4n) is 2.29. The number of anilines is 1. The molecule has 2 aromatic rings. The predicted octanol–water partition coefficient (Wildman–Crippen LogP) is 2.88. The molecule has 0 bridgehead atoms.